The van der Waals surface area contributed by atoms with Crippen LogP contribution in [0.1, 0.15) is 258 Å². The molecule has 0 aromatic heterocycles. The highest BCUT2D eigenvalue weighted by Gasteiger charge is 2.24. The van der Waals surface area contributed by atoms with Crippen molar-refractivity contribution < 1.29 is 24.5 Å². The van der Waals surface area contributed by atoms with Gasteiger partial charge in [-0.25, -0.2) is 0 Å². The Balaban J connectivity index is 4.48. The van der Waals surface area contributed by atoms with Crippen molar-refractivity contribution in [3.05, 3.63) is 0 Å². The van der Waals surface area contributed by atoms with Gasteiger partial charge >= 0.3 is 5.97 Å². The molecule has 0 saturated carbocycles. The van der Waals surface area contributed by atoms with Crippen LogP contribution in [0.4, 0.5) is 0 Å². The predicted octanol–water partition coefficient (Wildman–Crippen LogP) is 13.2. The van der Waals surface area contributed by atoms with Crippen molar-refractivity contribution in [2.24, 2.45) is 0 Å². The average Bonchev–Trinajstić information content (AvgIpc) is 3.13. The topological polar surface area (TPSA) is 95.9 Å². The van der Waals surface area contributed by atoms with Gasteiger partial charge < -0.3 is 20.3 Å². The van der Waals surface area contributed by atoms with E-state index in [0.29, 0.717) is 19.3 Å². The second-order valence-corrected chi connectivity index (χ2v) is 16.2. The molecule has 0 aliphatic carbocycles. The third-order valence-electron chi connectivity index (χ3n) is 10.9. The number of nitrogens with one attached hydrogen (secondary N) is 1. The third-order valence-corrected chi connectivity index (χ3v) is 10.9. The Morgan fingerprint density at radius 2 is 0.808 bits per heavy atom. The van der Waals surface area contributed by atoms with E-state index in [1.807, 2.05) is 0 Å². The molecule has 0 saturated heterocycles. The average molecular weight is 738 g/mol. The molecule has 0 bridgehead atoms. The number of aliphatic hydroxyl groups is 2. The van der Waals surface area contributed by atoms with Gasteiger partial charge in [-0.15, -0.1) is 0 Å². The number of hydrogen-bond acceptors (Lipinski definition) is 5. The zero-order chi connectivity index (χ0) is 38.2. The van der Waals surface area contributed by atoms with Crippen LogP contribution in [0.5, 0.6) is 0 Å². The van der Waals surface area contributed by atoms with Crippen molar-refractivity contribution >= 4 is 11.9 Å². The molecule has 0 aliphatic rings. The normalized spacial score (nSPS) is 13.2. The fourth-order valence-corrected chi connectivity index (χ4v) is 7.37. The molecule has 52 heavy (non-hydrogen) atoms. The molecule has 3 atom stereocenters. The first-order valence-corrected chi connectivity index (χ1v) is 23.3. The highest BCUT2D eigenvalue weighted by molar-refractivity contribution is 5.77. The van der Waals surface area contributed by atoms with Crippen molar-refractivity contribution in [2.75, 3.05) is 6.61 Å². The molecule has 0 fully saturated rings. The van der Waals surface area contributed by atoms with E-state index in [2.05, 4.69) is 26.1 Å². The summed E-state index contributed by atoms with van der Waals surface area (Å²) in [5, 5.41) is 23.6. The number of unbranched alkanes of at least 4 members (excludes halogenated alkanes) is 30. The molecule has 1 amide bonds. The zero-order valence-corrected chi connectivity index (χ0v) is 35.2. The van der Waals surface area contributed by atoms with E-state index in [4.69, 9.17) is 4.74 Å². The highest BCUT2D eigenvalue weighted by atomic mass is 16.5. The molecule has 6 nitrogen and oxygen atoms in total. The molecular formula is C46H91NO5. The van der Waals surface area contributed by atoms with Crippen LogP contribution in [-0.2, 0) is 14.3 Å². The van der Waals surface area contributed by atoms with Crippen LogP contribution in [0.25, 0.3) is 0 Å². The lowest BCUT2D eigenvalue weighted by molar-refractivity contribution is -0.151. The summed E-state index contributed by atoms with van der Waals surface area (Å²) in [5.74, 6) is -0.460. The number of carbonyl (C=O) groups excluding carboxylic acids is 2. The highest BCUT2D eigenvalue weighted by Crippen LogP contribution is 2.18. The molecule has 310 valence electrons. The first-order valence-electron chi connectivity index (χ1n) is 23.3. The lowest BCUT2D eigenvalue weighted by atomic mass is 10.0. The lowest BCUT2D eigenvalue weighted by Gasteiger charge is -2.24. The first-order chi connectivity index (χ1) is 25.5. The minimum atomic E-state index is -0.777. The van der Waals surface area contributed by atoms with Gasteiger partial charge in [0, 0.05) is 6.42 Å². The maximum Gasteiger partial charge on any atom is 0.306 e. The van der Waals surface area contributed by atoms with Crippen LogP contribution < -0.4 is 5.32 Å². The van der Waals surface area contributed by atoms with E-state index in [-0.39, 0.29) is 24.9 Å². The van der Waals surface area contributed by atoms with Crippen LogP contribution >= 0.6 is 0 Å². The molecular weight excluding hydrogens is 647 g/mol. The summed E-state index contributed by atoms with van der Waals surface area (Å²) in [6.45, 7) is 6.47. The van der Waals surface area contributed by atoms with E-state index in [0.717, 1.165) is 44.9 Å². The van der Waals surface area contributed by atoms with Gasteiger partial charge in [0.05, 0.1) is 25.2 Å². The van der Waals surface area contributed by atoms with E-state index in [9.17, 15) is 19.8 Å². The molecule has 3 unspecified atom stereocenters. The van der Waals surface area contributed by atoms with E-state index in [1.165, 1.54) is 167 Å². The fourth-order valence-electron chi connectivity index (χ4n) is 7.37. The van der Waals surface area contributed by atoms with Crippen LogP contribution in [0.3, 0.4) is 0 Å². The van der Waals surface area contributed by atoms with Gasteiger partial charge in [0.1, 0.15) is 6.10 Å². The fraction of sp³-hybridized carbons (Fsp3) is 0.957. The van der Waals surface area contributed by atoms with Gasteiger partial charge in [0.2, 0.25) is 5.91 Å². The summed E-state index contributed by atoms with van der Waals surface area (Å²) in [7, 11) is 0. The van der Waals surface area contributed by atoms with Crippen LogP contribution in [0.2, 0.25) is 0 Å². The van der Waals surface area contributed by atoms with Crippen molar-refractivity contribution in [1.29, 1.82) is 0 Å². The summed E-state index contributed by atoms with van der Waals surface area (Å²) in [6, 6.07) is -0.690. The smallest absolute Gasteiger partial charge is 0.306 e. The van der Waals surface area contributed by atoms with Crippen molar-refractivity contribution in [3.8, 4) is 0 Å². The van der Waals surface area contributed by atoms with E-state index in [1.54, 1.807) is 0 Å². The van der Waals surface area contributed by atoms with Crippen LogP contribution in [0.15, 0.2) is 0 Å². The Morgan fingerprint density at radius 3 is 1.17 bits per heavy atom. The van der Waals surface area contributed by atoms with Gasteiger partial charge in [-0.1, -0.05) is 220 Å². The summed E-state index contributed by atoms with van der Waals surface area (Å²) in [5.41, 5.74) is 0. The number of amides is 1. The van der Waals surface area contributed by atoms with Gasteiger partial charge in [0.15, 0.2) is 0 Å². The Bertz CT molecular complexity index is 746. The largest absolute Gasteiger partial charge is 0.462 e. The predicted molar refractivity (Wildman–Crippen MR) is 223 cm³/mol. The van der Waals surface area contributed by atoms with Crippen molar-refractivity contribution in [1.82, 2.24) is 5.32 Å². The summed E-state index contributed by atoms with van der Waals surface area (Å²) < 4.78 is 5.89. The lowest BCUT2D eigenvalue weighted by Crippen LogP contribution is -2.46. The van der Waals surface area contributed by atoms with Gasteiger partial charge in [-0.3, -0.25) is 9.59 Å². The van der Waals surface area contributed by atoms with Gasteiger partial charge in [-0.05, 0) is 25.7 Å². The number of rotatable bonds is 42. The molecule has 0 aliphatic heterocycles. The minimum Gasteiger partial charge on any atom is -0.462 e. The number of carbonyl (C=O) groups is 2. The van der Waals surface area contributed by atoms with E-state index >= 15 is 0 Å². The zero-order valence-electron chi connectivity index (χ0n) is 35.2. The number of aliphatic hydroxyl groups excluding tert-OH is 2. The standard InChI is InChI=1S/C46H91NO5/c1-4-7-10-13-16-19-21-23-26-29-32-35-38-44(49)43(41-48)47-45(50)40-42(37-34-31-28-25-18-15-12-9-6-3)52-46(51)39-36-33-30-27-24-22-20-17-14-11-8-5-2/h42-44,48-49H,4-41H2,1-3H3,(H,47,50). The van der Waals surface area contributed by atoms with Gasteiger partial charge in [-0.2, -0.15) is 0 Å². The molecule has 0 rings (SSSR count). The summed E-state index contributed by atoms with van der Waals surface area (Å²) >= 11 is 0. The van der Waals surface area contributed by atoms with Crippen molar-refractivity contribution in [3.63, 3.8) is 0 Å². The second-order valence-electron chi connectivity index (χ2n) is 16.2. The number of hydrogen-bond donors (Lipinski definition) is 3. The molecule has 0 heterocycles. The summed E-state index contributed by atoms with van der Waals surface area (Å²) in [6.07, 6.45) is 41.6. The van der Waals surface area contributed by atoms with Crippen molar-refractivity contribution in [2.45, 2.75) is 277 Å². The van der Waals surface area contributed by atoms with Crippen LogP contribution in [0, 0.1) is 0 Å². The number of ether oxygens (including phenoxy) is 1. The number of esters is 1. The molecule has 0 radical (unpaired) electrons. The maximum atomic E-state index is 13.1. The monoisotopic (exact) mass is 738 g/mol. The first kappa shape index (κ1) is 50.9. The summed E-state index contributed by atoms with van der Waals surface area (Å²) in [4.78, 5) is 25.9. The van der Waals surface area contributed by atoms with E-state index < -0.39 is 18.2 Å². The Labute approximate surface area is 324 Å². The Kier molecular flexibility index (Phi) is 40.1. The van der Waals surface area contributed by atoms with Crippen LogP contribution in [-0.4, -0.2) is 46.9 Å². The molecule has 6 heteroatoms. The molecule has 0 spiro atoms. The Hall–Kier alpha value is -1.14. The molecule has 0 aromatic carbocycles. The minimum absolute atomic E-state index is 0.0863. The second kappa shape index (κ2) is 41.0. The molecule has 0 aromatic rings. The quantitative estimate of drug-likeness (QED) is 0.0428. The third kappa shape index (κ3) is 35.9. The maximum absolute atomic E-state index is 13.1. The molecule has 3 N–H and O–H groups in total. The SMILES string of the molecule is CCCCCCCCCCCCCCC(=O)OC(CCCCCCCCCCC)CC(=O)NC(CO)C(O)CCCCCCCCCCCCCC. The van der Waals surface area contributed by atoms with Gasteiger partial charge in [0.25, 0.3) is 0 Å². The Morgan fingerprint density at radius 1 is 0.481 bits per heavy atom.